The highest BCUT2D eigenvalue weighted by molar-refractivity contribution is 4.82. The second-order valence-corrected chi connectivity index (χ2v) is 13.7. The minimum Gasteiger partial charge on any atom is -0.379 e. The van der Waals surface area contributed by atoms with Gasteiger partial charge in [0.2, 0.25) is 0 Å². The van der Waals surface area contributed by atoms with Crippen LogP contribution in [-0.2, 0) is 9.47 Å². The molecule has 3 heteroatoms. The quantitative estimate of drug-likeness (QED) is 0.0510. The van der Waals surface area contributed by atoms with E-state index < -0.39 is 0 Å². The molecule has 0 saturated heterocycles. The van der Waals surface area contributed by atoms with Gasteiger partial charge < -0.3 is 14.4 Å². The van der Waals surface area contributed by atoms with Crippen LogP contribution in [0.3, 0.4) is 0 Å². The summed E-state index contributed by atoms with van der Waals surface area (Å²) in [6.07, 6.45) is 47.6. The molecule has 0 heterocycles. The molecule has 0 aromatic carbocycles. The van der Waals surface area contributed by atoms with E-state index in [1.165, 1.54) is 180 Å². The van der Waals surface area contributed by atoms with Crippen LogP contribution in [0.5, 0.6) is 0 Å². The normalized spacial score (nSPS) is 12.8. The fourth-order valence-electron chi connectivity index (χ4n) is 5.83. The molecule has 1 atom stereocenters. The lowest BCUT2D eigenvalue weighted by Crippen LogP contribution is -2.32. The molecule has 0 unspecified atom stereocenters. The third-order valence-electron chi connectivity index (χ3n) is 8.68. The second kappa shape index (κ2) is 38.5. The van der Waals surface area contributed by atoms with Crippen molar-refractivity contribution in [2.24, 2.45) is 0 Å². The van der Waals surface area contributed by atoms with Crippen LogP contribution in [0.25, 0.3) is 0 Å². The Morgan fingerprint density at radius 1 is 0.432 bits per heavy atom. The minimum absolute atomic E-state index is 0.197. The molecule has 0 aromatic rings. The lowest BCUT2D eigenvalue weighted by Gasteiger charge is -2.21. The van der Waals surface area contributed by atoms with Crippen LogP contribution in [0.2, 0.25) is 0 Å². The van der Waals surface area contributed by atoms with E-state index in [2.05, 4.69) is 57.1 Å². The van der Waals surface area contributed by atoms with Crippen molar-refractivity contribution in [3.63, 3.8) is 0 Å². The minimum atomic E-state index is 0.197. The van der Waals surface area contributed by atoms with Crippen molar-refractivity contribution in [2.75, 3.05) is 40.5 Å². The molecule has 0 fully saturated rings. The summed E-state index contributed by atoms with van der Waals surface area (Å²) in [4.78, 5) is 2.22. The highest BCUT2D eigenvalue weighted by atomic mass is 16.5. The van der Waals surface area contributed by atoms with Crippen LogP contribution in [0, 0.1) is 0 Å². The van der Waals surface area contributed by atoms with Crippen LogP contribution < -0.4 is 0 Å². The third kappa shape index (κ3) is 37.5. The van der Waals surface area contributed by atoms with Crippen molar-refractivity contribution >= 4 is 0 Å². The van der Waals surface area contributed by atoms with Gasteiger partial charge in [-0.05, 0) is 78.3 Å². The number of rotatable bonds is 37. The zero-order chi connectivity index (χ0) is 32.0. The van der Waals surface area contributed by atoms with Gasteiger partial charge in [-0.15, -0.1) is 0 Å². The number of hydrogen-bond acceptors (Lipinski definition) is 3. The average molecular weight is 620 g/mol. The predicted molar refractivity (Wildman–Crippen MR) is 198 cm³/mol. The molecule has 0 aliphatic heterocycles. The molecule has 0 radical (unpaired) electrons. The molecule has 44 heavy (non-hydrogen) atoms. The van der Waals surface area contributed by atoms with Gasteiger partial charge in [0, 0.05) is 19.8 Å². The Labute approximate surface area is 278 Å². The number of allylic oxidation sites excluding steroid dienone is 4. The van der Waals surface area contributed by atoms with Gasteiger partial charge in [-0.25, -0.2) is 0 Å². The molecule has 0 N–H and O–H groups in total. The summed E-state index contributed by atoms with van der Waals surface area (Å²) in [5, 5.41) is 0. The van der Waals surface area contributed by atoms with E-state index in [4.69, 9.17) is 9.47 Å². The Hall–Kier alpha value is -0.640. The van der Waals surface area contributed by atoms with E-state index >= 15 is 0 Å². The first-order chi connectivity index (χ1) is 21.7. The highest BCUT2D eigenvalue weighted by Crippen LogP contribution is 2.12. The van der Waals surface area contributed by atoms with E-state index in [1.807, 2.05) is 0 Å². The summed E-state index contributed by atoms with van der Waals surface area (Å²) in [6.45, 7) is 8.00. The van der Waals surface area contributed by atoms with Crippen molar-refractivity contribution < 1.29 is 9.47 Å². The highest BCUT2D eigenvalue weighted by Gasteiger charge is 2.10. The van der Waals surface area contributed by atoms with Crippen molar-refractivity contribution in [3.05, 3.63) is 24.3 Å². The maximum absolute atomic E-state index is 6.22. The van der Waals surface area contributed by atoms with Gasteiger partial charge >= 0.3 is 0 Å². The Kier molecular flexibility index (Phi) is 38.0. The summed E-state index contributed by atoms with van der Waals surface area (Å²) < 4.78 is 12.3. The van der Waals surface area contributed by atoms with Crippen LogP contribution in [0.15, 0.2) is 24.3 Å². The number of unbranched alkanes of at least 4 members (excludes halogenated alkanes) is 24. The summed E-state index contributed by atoms with van der Waals surface area (Å²) in [6, 6.07) is 0. The number of ether oxygens (including phenoxy) is 2. The molecule has 0 rings (SSSR count). The third-order valence-corrected chi connectivity index (χ3v) is 8.68. The SMILES string of the molecule is CCCCCCCC/C=C\CCCCCCCCOC[C@@H](CN(C)C)OCCCCCCCC/C=C\CCCCCCCC. The van der Waals surface area contributed by atoms with E-state index in [-0.39, 0.29) is 6.10 Å². The van der Waals surface area contributed by atoms with Crippen LogP contribution >= 0.6 is 0 Å². The van der Waals surface area contributed by atoms with E-state index in [0.717, 1.165) is 26.4 Å². The number of hydrogen-bond donors (Lipinski definition) is 0. The first kappa shape index (κ1) is 43.4. The fourth-order valence-corrected chi connectivity index (χ4v) is 5.83. The molecule has 0 aromatic heterocycles. The average Bonchev–Trinajstić information content (AvgIpc) is 3.01. The Bertz CT molecular complexity index is 573. The first-order valence-corrected chi connectivity index (χ1v) is 19.8. The fraction of sp³-hybridized carbons (Fsp3) is 0.902. The Balaban J connectivity index is 3.52. The van der Waals surface area contributed by atoms with Crippen LogP contribution in [0.1, 0.15) is 194 Å². The molecule has 0 saturated carbocycles. The van der Waals surface area contributed by atoms with E-state index in [9.17, 15) is 0 Å². The second-order valence-electron chi connectivity index (χ2n) is 13.7. The summed E-state index contributed by atoms with van der Waals surface area (Å²) in [5.74, 6) is 0. The van der Waals surface area contributed by atoms with E-state index in [0.29, 0.717) is 0 Å². The summed E-state index contributed by atoms with van der Waals surface area (Å²) in [7, 11) is 4.26. The first-order valence-electron chi connectivity index (χ1n) is 19.8. The monoisotopic (exact) mass is 620 g/mol. The van der Waals surface area contributed by atoms with Crippen molar-refractivity contribution in [3.8, 4) is 0 Å². The molecule has 0 bridgehead atoms. The largest absolute Gasteiger partial charge is 0.379 e. The van der Waals surface area contributed by atoms with Gasteiger partial charge in [0.25, 0.3) is 0 Å². The van der Waals surface area contributed by atoms with Crippen molar-refractivity contribution in [2.45, 2.75) is 200 Å². The standard InChI is InChI=1S/C41H81NO2/c1-5-7-9-11-13-15-17-19-21-23-25-27-29-31-33-35-37-43-40-41(39-42(3)4)44-38-36-34-32-30-28-26-24-22-20-18-16-14-12-10-8-6-2/h19-22,41H,5-18,23-40H2,1-4H3/b21-19-,22-20-/t41-/m1/s1. The molecule has 0 aliphatic rings. The van der Waals surface area contributed by atoms with Gasteiger partial charge in [-0.2, -0.15) is 0 Å². The lowest BCUT2D eigenvalue weighted by atomic mass is 10.1. The summed E-state index contributed by atoms with van der Waals surface area (Å²) in [5.41, 5.74) is 0. The van der Waals surface area contributed by atoms with Gasteiger partial charge in [0.05, 0.1) is 12.7 Å². The molecule has 0 spiro atoms. The van der Waals surface area contributed by atoms with Crippen molar-refractivity contribution in [1.29, 1.82) is 0 Å². The zero-order valence-corrected chi connectivity index (χ0v) is 30.8. The molecule has 0 amide bonds. The van der Waals surface area contributed by atoms with Gasteiger partial charge in [0.1, 0.15) is 0 Å². The zero-order valence-electron chi connectivity index (χ0n) is 30.8. The smallest absolute Gasteiger partial charge is 0.0934 e. The summed E-state index contributed by atoms with van der Waals surface area (Å²) >= 11 is 0. The maximum atomic E-state index is 6.22. The van der Waals surface area contributed by atoms with Crippen LogP contribution in [-0.4, -0.2) is 51.5 Å². The van der Waals surface area contributed by atoms with Crippen LogP contribution in [0.4, 0.5) is 0 Å². The number of likely N-dealkylation sites (N-methyl/N-ethyl adjacent to an activating group) is 1. The molecule has 3 nitrogen and oxygen atoms in total. The van der Waals surface area contributed by atoms with Crippen molar-refractivity contribution in [1.82, 2.24) is 4.90 Å². The molecular weight excluding hydrogens is 538 g/mol. The number of nitrogens with zero attached hydrogens (tertiary/aromatic N) is 1. The van der Waals surface area contributed by atoms with Gasteiger partial charge in [-0.1, -0.05) is 154 Å². The Morgan fingerprint density at radius 2 is 0.773 bits per heavy atom. The maximum Gasteiger partial charge on any atom is 0.0934 e. The van der Waals surface area contributed by atoms with Gasteiger partial charge in [-0.3, -0.25) is 0 Å². The molecule has 0 aliphatic carbocycles. The topological polar surface area (TPSA) is 21.7 Å². The van der Waals surface area contributed by atoms with Gasteiger partial charge in [0.15, 0.2) is 0 Å². The van der Waals surface area contributed by atoms with E-state index in [1.54, 1.807) is 0 Å². The predicted octanol–water partition coefficient (Wildman–Crippen LogP) is 13.0. The molecule has 262 valence electrons. The molecular formula is C41H81NO2. The Morgan fingerprint density at radius 3 is 1.16 bits per heavy atom. The lowest BCUT2D eigenvalue weighted by molar-refractivity contribution is -0.0287.